The molecule has 0 aromatic carbocycles. The molecule has 1 aliphatic heterocycles. The van der Waals surface area contributed by atoms with E-state index >= 15 is 0 Å². The van der Waals surface area contributed by atoms with E-state index in [0.717, 1.165) is 22.7 Å². The summed E-state index contributed by atoms with van der Waals surface area (Å²) in [5, 5.41) is 14.5. The Hall–Kier alpha value is 0.150. The van der Waals surface area contributed by atoms with Crippen LogP contribution in [0.1, 0.15) is 35.6 Å². The molecule has 4 nitrogen and oxygen atoms in total. The Bertz CT molecular complexity index is 535. The van der Waals surface area contributed by atoms with Gasteiger partial charge in [0.2, 0.25) is 0 Å². The van der Waals surface area contributed by atoms with Crippen LogP contribution in [0.3, 0.4) is 0 Å². The van der Waals surface area contributed by atoms with Crippen LogP contribution in [-0.2, 0) is 15.1 Å². The highest BCUT2D eigenvalue weighted by Crippen LogP contribution is 2.46. The molecule has 0 radical (unpaired) electrons. The summed E-state index contributed by atoms with van der Waals surface area (Å²) in [6, 6.07) is 0. The summed E-state index contributed by atoms with van der Waals surface area (Å²) in [4.78, 5) is 5.17. The molecule has 7 heteroatoms. The molecule has 1 saturated heterocycles. The first kappa shape index (κ1) is 15.1. The van der Waals surface area contributed by atoms with E-state index in [4.69, 9.17) is 9.47 Å². The van der Waals surface area contributed by atoms with Gasteiger partial charge in [0.25, 0.3) is 0 Å². The van der Waals surface area contributed by atoms with Crippen LogP contribution in [0.2, 0.25) is 0 Å². The number of ether oxygens (including phenoxy) is 2. The predicted molar refractivity (Wildman–Crippen MR) is 87.6 cm³/mol. The zero-order valence-corrected chi connectivity index (χ0v) is 14.5. The molecule has 3 rings (SSSR count). The van der Waals surface area contributed by atoms with Crippen molar-refractivity contribution in [2.45, 2.75) is 37.1 Å². The Balaban J connectivity index is 1.72. The van der Waals surface area contributed by atoms with Crippen molar-refractivity contribution in [2.75, 3.05) is 13.2 Å². The van der Waals surface area contributed by atoms with E-state index < -0.39 is 11.4 Å². The normalized spacial score (nSPS) is 23.5. The van der Waals surface area contributed by atoms with Gasteiger partial charge in [0.05, 0.1) is 18.1 Å². The fourth-order valence-electron chi connectivity index (χ4n) is 2.69. The highest BCUT2D eigenvalue weighted by Gasteiger charge is 2.46. The lowest BCUT2D eigenvalue weighted by Crippen LogP contribution is -2.41. The van der Waals surface area contributed by atoms with Gasteiger partial charge in [-0.05, 0) is 32.9 Å². The van der Waals surface area contributed by atoms with E-state index in [1.54, 1.807) is 6.20 Å². The van der Waals surface area contributed by atoms with Crippen molar-refractivity contribution in [2.24, 2.45) is 0 Å². The van der Waals surface area contributed by atoms with Crippen LogP contribution < -0.4 is 0 Å². The lowest BCUT2D eigenvalue weighted by atomic mass is 9.80. The molecule has 0 amide bonds. The lowest BCUT2D eigenvalue weighted by Gasteiger charge is -2.39. The number of halogens is 1. The molecule has 1 aromatic heterocycles. The molecule has 2 fully saturated rings. The van der Waals surface area contributed by atoms with Gasteiger partial charge in [-0.15, -0.1) is 11.3 Å². The Kier molecular flexibility index (Phi) is 4.60. The van der Waals surface area contributed by atoms with Crippen molar-refractivity contribution < 1.29 is 14.6 Å². The van der Waals surface area contributed by atoms with Crippen molar-refractivity contribution in [1.29, 1.82) is 0 Å². The number of aliphatic hydroxyl groups is 1. The van der Waals surface area contributed by atoms with E-state index in [0.29, 0.717) is 26.1 Å². The van der Waals surface area contributed by atoms with Crippen LogP contribution in [0.4, 0.5) is 0 Å². The standard InChI is InChI=1S/C13H14INO3S2/c14-19-8-1-11-15-9-10(20-11)12(16)2-4-13(5-3-12)17-6-7-18-13/h9,16H,2-7H2. The summed E-state index contributed by atoms with van der Waals surface area (Å²) < 4.78 is 11.4. The molecule has 1 N–H and O–H groups in total. The number of hydrogen-bond donors (Lipinski definition) is 1. The molecule has 20 heavy (non-hydrogen) atoms. The quantitative estimate of drug-likeness (QED) is 0.556. The van der Waals surface area contributed by atoms with Crippen LogP contribution in [0, 0.1) is 11.2 Å². The molecular weight excluding hydrogens is 409 g/mol. The van der Waals surface area contributed by atoms with E-state index in [9.17, 15) is 5.11 Å². The average Bonchev–Trinajstić information content (AvgIpc) is 3.11. The van der Waals surface area contributed by atoms with Crippen LogP contribution in [0.5, 0.6) is 0 Å². The van der Waals surface area contributed by atoms with Crippen molar-refractivity contribution in [3.63, 3.8) is 0 Å². The van der Waals surface area contributed by atoms with Crippen molar-refractivity contribution in [1.82, 2.24) is 4.98 Å². The fraction of sp³-hybridized carbons (Fsp3) is 0.615. The van der Waals surface area contributed by atoms with E-state index in [2.05, 4.69) is 37.4 Å². The minimum Gasteiger partial charge on any atom is -0.384 e. The summed E-state index contributed by atoms with van der Waals surface area (Å²) in [5.41, 5.74) is -0.810. The summed E-state index contributed by atoms with van der Waals surface area (Å²) in [7, 11) is 1.43. The average molecular weight is 423 g/mol. The summed E-state index contributed by atoms with van der Waals surface area (Å²) in [5.74, 6) is 2.52. The first-order chi connectivity index (χ1) is 9.66. The van der Waals surface area contributed by atoms with E-state index in [1.165, 1.54) is 20.3 Å². The van der Waals surface area contributed by atoms with Gasteiger partial charge in [0, 0.05) is 40.2 Å². The fourth-order valence-corrected chi connectivity index (χ4v) is 4.13. The minimum atomic E-state index is -0.810. The van der Waals surface area contributed by atoms with Gasteiger partial charge < -0.3 is 14.6 Å². The molecule has 2 aliphatic rings. The first-order valence-corrected chi connectivity index (χ1v) is 10.6. The molecule has 1 aliphatic carbocycles. The summed E-state index contributed by atoms with van der Waals surface area (Å²) in [6.45, 7) is 1.32. The van der Waals surface area contributed by atoms with Crippen LogP contribution in [-0.4, -0.2) is 29.1 Å². The maximum absolute atomic E-state index is 10.8. The van der Waals surface area contributed by atoms with Gasteiger partial charge in [-0.2, -0.15) is 0 Å². The molecule has 2 heterocycles. The third-order valence-electron chi connectivity index (χ3n) is 3.81. The Morgan fingerprint density at radius 2 is 2.00 bits per heavy atom. The summed E-state index contributed by atoms with van der Waals surface area (Å²) >= 11 is 3.60. The molecule has 0 bridgehead atoms. The highest BCUT2D eigenvalue weighted by molar-refractivity contribution is 14.2. The van der Waals surface area contributed by atoms with Gasteiger partial charge in [-0.1, -0.05) is 0 Å². The van der Waals surface area contributed by atoms with Crippen molar-refractivity contribution >= 4 is 41.5 Å². The molecule has 108 valence electrons. The highest BCUT2D eigenvalue weighted by atomic mass is 127. The number of thiazole rings is 1. The maximum atomic E-state index is 10.8. The van der Waals surface area contributed by atoms with E-state index in [-0.39, 0.29) is 0 Å². The molecule has 1 saturated carbocycles. The smallest absolute Gasteiger partial charge is 0.168 e. The number of nitrogens with zero attached hydrogens (tertiary/aromatic N) is 1. The monoisotopic (exact) mass is 423 g/mol. The second kappa shape index (κ2) is 6.10. The molecule has 0 unspecified atom stereocenters. The SMILES string of the molecule is OC1(c2cnc(C#CSI)s2)CCC2(CC1)OCCO2. The zero-order chi connectivity index (χ0) is 14.1. The molecule has 0 atom stereocenters. The van der Waals surface area contributed by atoms with Crippen LogP contribution >= 0.6 is 41.5 Å². The van der Waals surface area contributed by atoms with Gasteiger partial charge >= 0.3 is 0 Å². The minimum absolute atomic E-state index is 0.447. The van der Waals surface area contributed by atoms with Crippen molar-refractivity contribution in [3.05, 3.63) is 16.1 Å². The third kappa shape index (κ3) is 3.00. The van der Waals surface area contributed by atoms with Crippen LogP contribution in [0.15, 0.2) is 6.20 Å². The van der Waals surface area contributed by atoms with Crippen molar-refractivity contribution in [3.8, 4) is 11.2 Å². The van der Waals surface area contributed by atoms with E-state index in [1.807, 2.05) is 0 Å². The Morgan fingerprint density at radius 3 is 2.65 bits per heavy atom. The second-order valence-corrected chi connectivity index (χ2v) is 7.68. The predicted octanol–water partition coefficient (Wildman–Crippen LogP) is 3.04. The molecular formula is C13H14INO3S2. The zero-order valence-electron chi connectivity index (χ0n) is 10.7. The van der Waals surface area contributed by atoms with Gasteiger partial charge in [0.1, 0.15) is 5.60 Å². The molecule has 1 aromatic rings. The van der Waals surface area contributed by atoms with Gasteiger partial charge in [0.15, 0.2) is 10.8 Å². The third-order valence-corrected chi connectivity index (χ3v) is 5.76. The Morgan fingerprint density at radius 1 is 1.30 bits per heavy atom. The topological polar surface area (TPSA) is 51.6 Å². The summed E-state index contributed by atoms with van der Waals surface area (Å²) in [6.07, 6.45) is 4.49. The second-order valence-electron chi connectivity index (χ2n) is 4.97. The van der Waals surface area contributed by atoms with Gasteiger partial charge in [-0.3, -0.25) is 0 Å². The van der Waals surface area contributed by atoms with Crippen LogP contribution in [0.25, 0.3) is 0 Å². The number of hydrogen-bond acceptors (Lipinski definition) is 6. The lowest BCUT2D eigenvalue weighted by molar-refractivity contribution is -0.203. The first-order valence-electron chi connectivity index (χ1n) is 6.41. The molecule has 1 spiro atoms. The maximum Gasteiger partial charge on any atom is 0.168 e. The Labute approximate surface area is 138 Å². The number of aromatic nitrogens is 1. The largest absolute Gasteiger partial charge is 0.384 e. The van der Waals surface area contributed by atoms with Gasteiger partial charge in [-0.25, -0.2) is 4.98 Å². The number of rotatable bonds is 1.